The van der Waals surface area contributed by atoms with Crippen LogP contribution in [-0.4, -0.2) is 28.7 Å². The second-order valence-electron chi connectivity index (χ2n) is 3.81. The average Bonchev–Trinajstić information content (AvgIpc) is 2.49. The van der Waals surface area contributed by atoms with Gasteiger partial charge < -0.3 is 14.8 Å². The van der Waals surface area contributed by atoms with Crippen molar-refractivity contribution in [2.45, 2.75) is 6.92 Å². The smallest absolute Gasteiger partial charge is 0.323 e. The molecule has 1 heterocycles. The average molecular weight is 294 g/mol. The molecule has 0 radical (unpaired) electrons. The largest absolute Gasteiger partial charge is 0.497 e. The van der Waals surface area contributed by atoms with E-state index in [1.54, 1.807) is 6.92 Å². The lowest BCUT2D eigenvalue weighted by atomic mass is 10.3. The molecule has 2 rings (SSSR count). The molecular weight excluding hydrogens is 279 g/mol. The van der Waals surface area contributed by atoms with Crippen LogP contribution in [-0.2, 0) is 0 Å². The van der Waals surface area contributed by atoms with Crippen molar-refractivity contribution in [1.29, 1.82) is 0 Å². The highest BCUT2D eigenvalue weighted by Crippen LogP contribution is 2.24. The fourth-order valence-electron chi connectivity index (χ4n) is 1.52. The second-order valence-corrected chi connectivity index (χ2v) is 3.81. The summed E-state index contributed by atoms with van der Waals surface area (Å²) in [7, 11) is 1.49. The minimum atomic E-state index is -0.476. The molecule has 0 saturated carbocycles. The van der Waals surface area contributed by atoms with E-state index in [-0.39, 0.29) is 23.6 Å². The van der Waals surface area contributed by atoms with Crippen molar-refractivity contribution in [2.24, 2.45) is 5.84 Å². The number of hydrazine groups is 1. The van der Waals surface area contributed by atoms with Crippen LogP contribution < -0.4 is 26.1 Å². The number of anilines is 3. The first kappa shape index (κ1) is 14.7. The zero-order chi connectivity index (χ0) is 15.2. The first-order chi connectivity index (χ1) is 10.2. The molecule has 0 saturated heterocycles. The van der Waals surface area contributed by atoms with Gasteiger partial charge in [0.15, 0.2) is 0 Å². The molecule has 0 atom stereocenters. The van der Waals surface area contributed by atoms with Gasteiger partial charge in [0.2, 0.25) is 11.9 Å². The third kappa shape index (κ3) is 3.66. The summed E-state index contributed by atoms with van der Waals surface area (Å²) < 4.78 is 24.0. The molecular formula is C12H15FN6O2. The van der Waals surface area contributed by atoms with Crippen molar-refractivity contribution >= 4 is 17.6 Å². The molecule has 0 aliphatic heterocycles. The maximum absolute atomic E-state index is 13.8. The number of hydrogen-bond acceptors (Lipinski definition) is 8. The number of benzene rings is 1. The molecule has 0 amide bonds. The number of nitrogens with two attached hydrogens (primary N) is 1. The summed E-state index contributed by atoms with van der Waals surface area (Å²) in [6.45, 7) is 2.16. The summed E-state index contributed by atoms with van der Waals surface area (Å²) in [6, 6.07) is 4.33. The lowest BCUT2D eigenvalue weighted by Crippen LogP contribution is -2.13. The maximum atomic E-state index is 13.8. The van der Waals surface area contributed by atoms with E-state index in [2.05, 4.69) is 25.7 Å². The minimum absolute atomic E-state index is 0.0752. The molecule has 1 aromatic carbocycles. The van der Waals surface area contributed by atoms with Crippen molar-refractivity contribution in [3.05, 3.63) is 24.0 Å². The monoisotopic (exact) mass is 294 g/mol. The van der Waals surface area contributed by atoms with Gasteiger partial charge in [-0.2, -0.15) is 15.0 Å². The molecule has 1 aromatic heterocycles. The lowest BCUT2D eigenvalue weighted by molar-refractivity contribution is 0.312. The van der Waals surface area contributed by atoms with E-state index in [0.29, 0.717) is 12.4 Å². The molecule has 112 valence electrons. The van der Waals surface area contributed by atoms with Crippen LogP contribution >= 0.6 is 0 Å². The summed E-state index contributed by atoms with van der Waals surface area (Å²) in [5, 5.41) is 2.73. The van der Waals surface area contributed by atoms with Crippen LogP contribution in [0.3, 0.4) is 0 Å². The number of nitrogens with zero attached hydrogens (tertiary/aromatic N) is 3. The number of rotatable bonds is 6. The Labute approximate surface area is 120 Å². The predicted octanol–water partition coefficient (Wildman–Crippen LogP) is 1.45. The molecule has 8 nitrogen and oxygen atoms in total. The summed E-state index contributed by atoms with van der Waals surface area (Å²) in [6.07, 6.45) is 0. The van der Waals surface area contributed by atoms with E-state index < -0.39 is 5.82 Å². The van der Waals surface area contributed by atoms with E-state index in [4.69, 9.17) is 15.3 Å². The van der Waals surface area contributed by atoms with Crippen LogP contribution in [0, 0.1) is 5.82 Å². The van der Waals surface area contributed by atoms with Crippen molar-refractivity contribution < 1.29 is 13.9 Å². The van der Waals surface area contributed by atoms with Crippen LogP contribution in [0.2, 0.25) is 0 Å². The van der Waals surface area contributed by atoms with Crippen molar-refractivity contribution in [3.8, 4) is 11.8 Å². The molecule has 0 aliphatic carbocycles. The Kier molecular flexibility index (Phi) is 4.67. The van der Waals surface area contributed by atoms with Crippen LogP contribution in [0.5, 0.6) is 11.8 Å². The fourth-order valence-corrected chi connectivity index (χ4v) is 1.52. The van der Waals surface area contributed by atoms with Crippen molar-refractivity contribution in [2.75, 3.05) is 24.5 Å². The van der Waals surface area contributed by atoms with Gasteiger partial charge >= 0.3 is 6.01 Å². The van der Waals surface area contributed by atoms with E-state index in [0.717, 1.165) is 0 Å². The maximum Gasteiger partial charge on any atom is 0.323 e. The number of nitrogen functional groups attached to an aromatic ring is 1. The van der Waals surface area contributed by atoms with Crippen molar-refractivity contribution in [1.82, 2.24) is 15.0 Å². The number of hydrogen-bond donors (Lipinski definition) is 3. The van der Waals surface area contributed by atoms with E-state index in [1.807, 2.05) is 0 Å². The molecule has 9 heteroatoms. The van der Waals surface area contributed by atoms with Gasteiger partial charge in [-0.3, -0.25) is 5.43 Å². The zero-order valence-electron chi connectivity index (χ0n) is 11.6. The second kappa shape index (κ2) is 6.66. The van der Waals surface area contributed by atoms with E-state index in [9.17, 15) is 4.39 Å². The number of ether oxygens (including phenoxy) is 2. The van der Waals surface area contributed by atoms with Crippen molar-refractivity contribution in [3.63, 3.8) is 0 Å². The summed E-state index contributed by atoms with van der Waals surface area (Å²) in [5.74, 6) is 5.48. The highest BCUT2D eigenvalue weighted by Gasteiger charge is 2.10. The van der Waals surface area contributed by atoms with Crippen LogP contribution in [0.25, 0.3) is 0 Å². The number of aromatic nitrogens is 3. The molecule has 4 N–H and O–H groups in total. The highest BCUT2D eigenvalue weighted by molar-refractivity contribution is 5.57. The summed E-state index contributed by atoms with van der Waals surface area (Å²) >= 11 is 0. The summed E-state index contributed by atoms with van der Waals surface area (Å²) in [5.41, 5.74) is 2.45. The molecule has 0 fully saturated rings. The Hall–Kier alpha value is -2.68. The third-order valence-corrected chi connectivity index (χ3v) is 2.44. The van der Waals surface area contributed by atoms with Crippen LogP contribution in [0.15, 0.2) is 18.2 Å². The predicted molar refractivity (Wildman–Crippen MR) is 75.0 cm³/mol. The van der Waals surface area contributed by atoms with Gasteiger partial charge in [-0.15, -0.1) is 0 Å². The number of halogens is 1. The molecule has 0 bridgehead atoms. The summed E-state index contributed by atoms with van der Waals surface area (Å²) in [4.78, 5) is 11.9. The Morgan fingerprint density at radius 2 is 2.00 bits per heavy atom. The van der Waals surface area contributed by atoms with Gasteiger partial charge in [-0.25, -0.2) is 10.2 Å². The molecule has 0 unspecified atom stereocenters. The normalized spacial score (nSPS) is 10.1. The molecule has 0 spiro atoms. The Bertz CT molecular complexity index is 625. The van der Waals surface area contributed by atoms with Gasteiger partial charge in [0.05, 0.1) is 19.4 Å². The SMILES string of the molecule is CCOc1nc(NN)nc(Nc2cc(OC)ccc2F)n1. The van der Waals surface area contributed by atoms with Gasteiger partial charge in [0.25, 0.3) is 0 Å². The van der Waals surface area contributed by atoms with Crippen LogP contribution in [0.1, 0.15) is 6.92 Å². The number of methoxy groups -OCH3 is 1. The van der Waals surface area contributed by atoms with Crippen LogP contribution in [0.4, 0.5) is 22.0 Å². The van der Waals surface area contributed by atoms with E-state index >= 15 is 0 Å². The van der Waals surface area contributed by atoms with Gasteiger partial charge in [0, 0.05) is 6.07 Å². The third-order valence-electron chi connectivity index (χ3n) is 2.44. The van der Waals surface area contributed by atoms with Gasteiger partial charge in [-0.05, 0) is 19.1 Å². The minimum Gasteiger partial charge on any atom is -0.497 e. The topological polar surface area (TPSA) is 107 Å². The Balaban J connectivity index is 2.32. The van der Waals surface area contributed by atoms with Gasteiger partial charge in [0.1, 0.15) is 11.6 Å². The zero-order valence-corrected chi connectivity index (χ0v) is 11.6. The standard InChI is InChI=1S/C12H15FN6O2/c1-3-21-12-17-10(16-11(18-12)19-14)15-9-6-7(20-2)4-5-8(9)13/h4-6H,3,14H2,1-2H3,(H2,15,16,17,18,19). The highest BCUT2D eigenvalue weighted by atomic mass is 19.1. The first-order valence-electron chi connectivity index (χ1n) is 6.12. The Morgan fingerprint density at radius 1 is 1.24 bits per heavy atom. The Morgan fingerprint density at radius 3 is 2.67 bits per heavy atom. The lowest BCUT2D eigenvalue weighted by Gasteiger charge is -2.10. The molecule has 0 aliphatic rings. The van der Waals surface area contributed by atoms with E-state index in [1.165, 1.54) is 25.3 Å². The number of nitrogens with one attached hydrogen (secondary N) is 2. The van der Waals surface area contributed by atoms with Gasteiger partial charge in [-0.1, -0.05) is 0 Å². The molecule has 21 heavy (non-hydrogen) atoms. The molecule has 2 aromatic rings. The fraction of sp³-hybridized carbons (Fsp3) is 0.250. The quantitative estimate of drug-likeness (QED) is 0.543. The first-order valence-corrected chi connectivity index (χ1v) is 6.12.